The maximum Gasteiger partial charge on any atom is 0.127 e. The predicted octanol–water partition coefficient (Wildman–Crippen LogP) is 3.92. The van der Waals surface area contributed by atoms with Crippen molar-refractivity contribution in [2.24, 2.45) is 5.73 Å². The SMILES string of the molecule is CN(Cc1csc(Br)c1)Cc1cc(C(N)=S)ccc1F. The highest BCUT2D eigenvalue weighted by Crippen LogP contribution is 2.22. The molecule has 0 aliphatic heterocycles. The summed E-state index contributed by atoms with van der Waals surface area (Å²) < 4.78 is 14.9. The summed E-state index contributed by atoms with van der Waals surface area (Å²) in [6, 6.07) is 6.82. The lowest BCUT2D eigenvalue weighted by Crippen LogP contribution is -2.18. The molecule has 0 radical (unpaired) electrons. The van der Waals surface area contributed by atoms with Gasteiger partial charge in [0.05, 0.1) is 3.79 Å². The maximum absolute atomic E-state index is 13.8. The van der Waals surface area contributed by atoms with Crippen LogP contribution in [0.1, 0.15) is 16.7 Å². The highest BCUT2D eigenvalue weighted by molar-refractivity contribution is 9.11. The van der Waals surface area contributed by atoms with Crippen molar-refractivity contribution in [1.29, 1.82) is 0 Å². The summed E-state index contributed by atoms with van der Waals surface area (Å²) in [7, 11) is 1.96. The van der Waals surface area contributed by atoms with Crippen LogP contribution in [0.15, 0.2) is 33.4 Å². The Bertz CT molecular complexity index is 627. The minimum absolute atomic E-state index is 0.233. The summed E-state index contributed by atoms with van der Waals surface area (Å²) in [4.78, 5) is 2.34. The number of hydrogen-bond acceptors (Lipinski definition) is 3. The molecule has 0 saturated heterocycles. The average molecular weight is 373 g/mol. The van der Waals surface area contributed by atoms with Crippen LogP contribution in [0, 0.1) is 5.82 Å². The van der Waals surface area contributed by atoms with E-state index < -0.39 is 0 Å². The fourth-order valence-electron chi connectivity index (χ4n) is 1.94. The third kappa shape index (κ3) is 4.09. The van der Waals surface area contributed by atoms with Crippen LogP contribution in [0.5, 0.6) is 0 Å². The second kappa shape index (κ2) is 6.76. The van der Waals surface area contributed by atoms with Gasteiger partial charge in [0.2, 0.25) is 0 Å². The summed E-state index contributed by atoms with van der Waals surface area (Å²) in [6.45, 7) is 1.27. The number of thiophene rings is 1. The zero-order valence-electron chi connectivity index (χ0n) is 10.9. The van der Waals surface area contributed by atoms with Gasteiger partial charge in [-0.15, -0.1) is 11.3 Å². The van der Waals surface area contributed by atoms with Crippen molar-refractivity contribution in [3.05, 3.63) is 55.9 Å². The molecule has 2 rings (SSSR count). The Kier molecular flexibility index (Phi) is 5.26. The first-order valence-corrected chi connectivity index (χ1v) is 8.03. The number of nitrogens with two attached hydrogens (primary N) is 1. The van der Waals surface area contributed by atoms with E-state index in [2.05, 4.69) is 32.3 Å². The summed E-state index contributed by atoms with van der Waals surface area (Å²) in [5, 5.41) is 2.09. The number of nitrogens with zero attached hydrogens (tertiary/aromatic N) is 1. The number of rotatable bonds is 5. The van der Waals surface area contributed by atoms with Gasteiger partial charge in [0, 0.05) is 24.2 Å². The Morgan fingerprint density at radius 2 is 2.15 bits per heavy atom. The molecule has 1 aromatic heterocycles. The standard InChI is InChI=1S/C14H14BrFN2S2/c1-18(6-9-4-13(15)20-8-9)7-11-5-10(14(17)19)2-3-12(11)16/h2-5,8H,6-7H2,1H3,(H2,17,19). The lowest BCUT2D eigenvalue weighted by atomic mass is 10.1. The Morgan fingerprint density at radius 3 is 2.75 bits per heavy atom. The molecule has 1 heterocycles. The zero-order valence-corrected chi connectivity index (χ0v) is 14.1. The van der Waals surface area contributed by atoms with Crippen molar-refractivity contribution in [3.8, 4) is 0 Å². The van der Waals surface area contributed by atoms with Crippen LogP contribution >= 0.6 is 39.5 Å². The summed E-state index contributed by atoms with van der Waals surface area (Å²) >= 11 is 10.0. The van der Waals surface area contributed by atoms with Crippen molar-refractivity contribution >= 4 is 44.5 Å². The monoisotopic (exact) mass is 372 g/mol. The van der Waals surface area contributed by atoms with Gasteiger partial charge in [-0.1, -0.05) is 12.2 Å². The first kappa shape index (κ1) is 15.6. The van der Waals surface area contributed by atoms with Crippen LogP contribution < -0.4 is 5.73 Å². The molecule has 2 N–H and O–H groups in total. The van der Waals surface area contributed by atoms with E-state index in [1.54, 1.807) is 23.5 Å². The third-order valence-corrected chi connectivity index (χ3v) is 4.63. The van der Waals surface area contributed by atoms with E-state index in [0.717, 1.165) is 10.3 Å². The lowest BCUT2D eigenvalue weighted by Gasteiger charge is -2.17. The molecule has 20 heavy (non-hydrogen) atoms. The van der Waals surface area contributed by atoms with Gasteiger partial charge in [-0.05, 0) is 58.2 Å². The highest BCUT2D eigenvalue weighted by atomic mass is 79.9. The number of thiocarbonyl (C=S) groups is 1. The summed E-state index contributed by atoms with van der Waals surface area (Å²) in [5.74, 6) is -0.233. The second-order valence-corrected chi connectivity index (χ2v) is 7.33. The van der Waals surface area contributed by atoms with Crippen molar-refractivity contribution in [1.82, 2.24) is 4.90 Å². The molecule has 2 aromatic rings. The Morgan fingerprint density at radius 1 is 1.40 bits per heavy atom. The smallest absolute Gasteiger partial charge is 0.127 e. The van der Waals surface area contributed by atoms with Crippen molar-refractivity contribution in [3.63, 3.8) is 0 Å². The van der Waals surface area contributed by atoms with Crippen LogP contribution in [-0.4, -0.2) is 16.9 Å². The molecule has 0 bridgehead atoms. The van der Waals surface area contributed by atoms with E-state index >= 15 is 0 Å². The molecular weight excluding hydrogens is 359 g/mol. The molecule has 0 saturated carbocycles. The van der Waals surface area contributed by atoms with Gasteiger partial charge >= 0.3 is 0 Å². The Balaban J connectivity index is 2.08. The van der Waals surface area contributed by atoms with E-state index in [9.17, 15) is 4.39 Å². The molecule has 2 nitrogen and oxygen atoms in total. The van der Waals surface area contributed by atoms with Crippen molar-refractivity contribution < 1.29 is 4.39 Å². The molecule has 0 aliphatic carbocycles. The fraction of sp³-hybridized carbons (Fsp3) is 0.214. The molecule has 1 aromatic carbocycles. The lowest BCUT2D eigenvalue weighted by molar-refractivity contribution is 0.314. The van der Waals surface area contributed by atoms with Gasteiger partial charge in [0.15, 0.2) is 0 Å². The molecule has 0 atom stereocenters. The molecule has 0 aliphatic rings. The van der Waals surface area contributed by atoms with Crippen LogP contribution in [-0.2, 0) is 13.1 Å². The minimum Gasteiger partial charge on any atom is -0.389 e. The predicted molar refractivity (Wildman–Crippen MR) is 89.5 cm³/mol. The molecule has 106 valence electrons. The van der Waals surface area contributed by atoms with Crippen LogP contribution in [0.2, 0.25) is 0 Å². The van der Waals surface area contributed by atoms with E-state index in [1.165, 1.54) is 11.6 Å². The first-order chi connectivity index (χ1) is 9.45. The van der Waals surface area contributed by atoms with Gasteiger partial charge in [-0.25, -0.2) is 4.39 Å². The van der Waals surface area contributed by atoms with Gasteiger partial charge in [-0.2, -0.15) is 0 Å². The maximum atomic E-state index is 13.8. The molecule has 0 unspecified atom stereocenters. The van der Waals surface area contributed by atoms with Crippen molar-refractivity contribution in [2.75, 3.05) is 7.05 Å². The van der Waals surface area contributed by atoms with E-state index in [-0.39, 0.29) is 10.8 Å². The van der Waals surface area contributed by atoms with E-state index in [0.29, 0.717) is 17.7 Å². The van der Waals surface area contributed by atoms with Gasteiger partial charge in [0.1, 0.15) is 10.8 Å². The van der Waals surface area contributed by atoms with Crippen LogP contribution in [0.4, 0.5) is 4.39 Å². The molecule has 0 spiro atoms. The van der Waals surface area contributed by atoms with Crippen LogP contribution in [0.3, 0.4) is 0 Å². The third-order valence-electron chi connectivity index (χ3n) is 2.84. The molecule has 0 fully saturated rings. The van der Waals surface area contributed by atoms with Crippen LogP contribution in [0.25, 0.3) is 0 Å². The largest absolute Gasteiger partial charge is 0.389 e. The van der Waals surface area contributed by atoms with Gasteiger partial charge in [-0.3, -0.25) is 4.90 Å². The Labute approximate surface area is 135 Å². The number of hydrogen-bond donors (Lipinski definition) is 1. The summed E-state index contributed by atoms with van der Waals surface area (Å²) in [5.41, 5.74) is 8.09. The summed E-state index contributed by atoms with van der Waals surface area (Å²) in [6.07, 6.45) is 0. The first-order valence-electron chi connectivity index (χ1n) is 5.95. The average Bonchev–Trinajstić information content (AvgIpc) is 2.77. The molecule has 0 amide bonds. The normalized spacial score (nSPS) is 11.0. The minimum atomic E-state index is -0.233. The van der Waals surface area contributed by atoms with E-state index in [1.807, 2.05) is 7.05 Å². The Hall–Kier alpha value is -0.820. The second-order valence-electron chi connectivity index (χ2n) is 4.60. The topological polar surface area (TPSA) is 29.3 Å². The quantitative estimate of drug-likeness (QED) is 0.806. The van der Waals surface area contributed by atoms with Gasteiger partial charge in [0.25, 0.3) is 0 Å². The highest BCUT2D eigenvalue weighted by Gasteiger charge is 2.09. The van der Waals surface area contributed by atoms with Crippen molar-refractivity contribution in [2.45, 2.75) is 13.1 Å². The van der Waals surface area contributed by atoms with E-state index in [4.69, 9.17) is 18.0 Å². The fourth-order valence-corrected chi connectivity index (χ4v) is 3.26. The number of halogens is 2. The molecule has 6 heteroatoms. The molecular formula is C14H14BrFN2S2. The number of benzene rings is 1. The van der Waals surface area contributed by atoms with Gasteiger partial charge < -0.3 is 5.73 Å². The zero-order chi connectivity index (χ0) is 14.7.